The predicted octanol–water partition coefficient (Wildman–Crippen LogP) is 3.20. The van der Waals surface area contributed by atoms with Gasteiger partial charge in [0.15, 0.2) is 0 Å². The molecule has 1 aliphatic heterocycles. The lowest BCUT2D eigenvalue weighted by atomic mass is 9.94. The Morgan fingerprint density at radius 3 is 2.50 bits per heavy atom. The van der Waals surface area contributed by atoms with Crippen molar-refractivity contribution in [3.8, 4) is 11.1 Å². The minimum Gasteiger partial charge on any atom is -0.391 e. The molecule has 0 aliphatic carbocycles. The summed E-state index contributed by atoms with van der Waals surface area (Å²) in [6.45, 7) is 3.16. The molecule has 2 aromatic carbocycles. The summed E-state index contributed by atoms with van der Waals surface area (Å²) in [7, 11) is 0. The zero-order valence-electron chi connectivity index (χ0n) is 12.8. The lowest BCUT2D eigenvalue weighted by Crippen LogP contribution is -2.45. The van der Waals surface area contributed by atoms with Gasteiger partial charge in [-0.2, -0.15) is 0 Å². The van der Waals surface area contributed by atoms with Crippen molar-refractivity contribution in [2.75, 3.05) is 13.1 Å². The Hall–Kier alpha value is -2.13. The van der Waals surface area contributed by atoms with Gasteiger partial charge in [-0.05, 0) is 29.5 Å². The topological polar surface area (TPSA) is 40.5 Å². The molecule has 22 heavy (non-hydrogen) atoms. The molecule has 0 radical (unpaired) electrons. The summed E-state index contributed by atoms with van der Waals surface area (Å²) in [5.74, 6) is 0.263. The maximum absolute atomic E-state index is 12.9. The smallest absolute Gasteiger partial charge is 0.254 e. The number of aliphatic hydroxyl groups is 1. The van der Waals surface area contributed by atoms with Crippen molar-refractivity contribution >= 4 is 5.91 Å². The van der Waals surface area contributed by atoms with Crippen LogP contribution in [0.2, 0.25) is 0 Å². The SMILES string of the molecule is CC1CCN(C(=O)c2ccccc2-c2ccccc2)CC1O. The number of rotatable bonds is 2. The van der Waals surface area contributed by atoms with E-state index in [4.69, 9.17) is 0 Å². The highest BCUT2D eigenvalue weighted by molar-refractivity contribution is 6.00. The summed E-state index contributed by atoms with van der Waals surface area (Å²) < 4.78 is 0. The molecule has 1 heterocycles. The van der Waals surface area contributed by atoms with Crippen molar-refractivity contribution < 1.29 is 9.90 Å². The van der Waals surface area contributed by atoms with Crippen LogP contribution in [-0.2, 0) is 0 Å². The zero-order valence-corrected chi connectivity index (χ0v) is 12.8. The van der Waals surface area contributed by atoms with E-state index in [1.54, 1.807) is 4.90 Å². The van der Waals surface area contributed by atoms with E-state index in [0.717, 1.165) is 17.5 Å². The fourth-order valence-corrected chi connectivity index (χ4v) is 2.94. The van der Waals surface area contributed by atoms with E-state index in [1.807, 2.05) is 61.5 Å². The summed E-state index contributed by atoms with van der Waals surface area (Å²) in [4.78, 5) is 14.6. The van der Waals surface area contributed by atoms with E-state index >= 15 is 0 Å². The molecule has 1 aliphatic rings. The molecule has 2 unspecified atom stereocenters. The number of likely N-dealkylation sites (tertiary alicyclic amines) is 1. The third kappa shape index (κ3) is 2.90. The van der Waals surface area contributed by atoms with Crippen molar-refractivity contribution in [1.29, 1.82) is 0 Å². The van der Waals surface area contributed by atoms with Crippen LogP contribution in [0.1, 0.15) is 23.7 Å². The molecule has 1 amide bonds. The van der Waals surface area contributed by atoms with E-state index in [0.29, 0.717) is 18.7 Å². The number of piperidine rings is 1. The minimum atomic E-state index is -0.429. The van der Waals surface area contributed by atoms with Crippen LogP contribution < -0.4 is 0 Å². The van der Waals surface area contributed by atoms with Crippen LogP contribution in [0, 0.1) is 5.92 Å². The molecule has 1 saturated heterocycles. The molecule has 3 nitrogen and oxygen atoms in total. The monoisotopic (exact) mass is 295 g/mol. The number of carbonyl (C=O) groups is 1. The third-order valence-electron chi connectivity index (χ3n) is 4.45. The van der Waals surface area contributed by atoms with E-state index in [-0.39, 0.29) is 11.8 Å². The summed E-state index contributed by atoms with van der Waals surface area (Å²) >= 11 is 0. The number of carbonyl (C=O) groups excluding carboxylic acids is 1. The fraction of sp³-hybridized carbons (Fsp3) is 0.316. The third-order valence-corrected chi connectivity index (χ3v) is 4.45. The van der Waals surface area contributed by atoms with Crippen LogP contribution in [-0.4, -0.2) is 35.1 Å². The second-order valence-corrected chi connectivity index (χ2v) is 6.00. The molecular formula is C19H21NO2. The van der Waals surface area contributed by atoms with Gasteiger partial charge in [-0.25, -0.2) is 0 Å². The van der Waals surface area contributed by atoms with Gasteiger partial charge in [0.1, 0.15) is 0 Å². The van der Waals surface area contributed by atoms with Crippen LogP contribution in [0.15, 0.2) is 54.6 Å². The lowest BCUT2D eigenvalue weighted by Gasteiger charge is -2.34. The lowest BCUT2D eigenvalue weighted by molar-refractivity contribution is 0.0249. The Kier molecular flexibility index (Phi) is 4.25. The normalized spacial score (nSPS) is 21.6. The Bertz CT molecular complexity index is 653. The quantitative estimate of drug-likeness (QED) is 0.924. The highest BCUT2D eigenvalue weighted by Gasteiger charge is 2.28. The Balaban J connectivity index is 1.91. The van der Waals surface area contributed by atoms with Crippen molar-refractivity contribution in [3.05, 3.63) is 60.2 Å². The van der Waals surface area contributed by atoms with Gasteiger partial charge in [0.05, 0.1) is 6.10 Å². The van der Waals surface area contributed by atoms with Gasteiger partial charge in [-0.15, -0.1) is 0 Å². The molecule has 1 fully saturated rings. The second-order valence-electron chi connectivity index (χ2n) is 6.00. The molecule has 0 saturated carbocycles. The number of aliphatic hydroxyl groups excluding tert-OH is 1. The van der Waals surface area contributed by atoms with Gasteiger partial charge in [0.25, 0.3) is 5.91 Å². The van der Waals surface area contributed by atoms with Gasteiger partial charge in [-0.3, -0.25) is 4.79 Å². The number of nitrogens with zero attached hydrogens (tertiary/aromatic N) is 1. The van der Waals surface area contributed by atoms with Crippen molar-refractivity contribution in [1.82, 2.24) is 4.90 Å². The molecule has 2 aromatic rings. The number of amides is 1. The first-order valence-corrected chi connectivity index (χ1v) is 7.78. The summed E-state index contributed by atoms with van der Waals surface area (Å²) in [6, 6.07) is 17.6. The molecule has 0 spiro atoms. The first-order valence-electron chi connectivity index (χ1n) is 7.78. The van der Waals surface area contributed by atoms with Gasteiger partial charge in [0, 0.05) is 18.7 Å². The molecule has 0 aromatic heterocycles. The molecule has 2 atom stereocenters. The fourth-order valence-electron chi connectivity index (χ4n) is 2.94. The van der Waals surface area contributed by atoms with E-state index in [2.05, 4.69) is 0 Å². The number of hydrogen-bond donors (Lipinski definition) is 1. The predicted molar refractivity (Wildman–Crippen MR) is 87.6 cm³/mol. The average Bonchev–Trinajstić information content (AvgIpc) is 2.57. The number of benzene rings is 2. The molecule has 1 N–H and O–H groups in total. The highest BCUT2D eigenvalue weighted by atomic mass is 16.3. The Morgan fingerprint density at radius 2 is 1.77 bits per heavy atom. The largest absolute Gasteiger partial charge is 0.391 e. The van der Waals surface area contributed by atoms with Crippen molar-refractivity contribution in [3.63, 3.8) is 0 Å². The van der Waals surface area contributed by atoms with Gasteiger partial charge in [0.2, 0.25) is 0 Å². The van der Waals surface area contributed by atoms with Crippen LogP contribution in [0.3, 0.4) is 0 Å². The van der Waals surface area contributed by atoms with Gasteiger partial charge < -0.3 is 10.0 Å². The summed E-state index contributed by atoms with van der Waals surface area (Å²) in [5, 5.41) is 10.0. The summed E-state index contributed by atoms with van der Waals surface area (Å²) in [5.41, 5.74) is 2.69. The molecule has 114 valence electrons. The zero-order chi connectivity index (χ0) is 15.5. The maximum atomic E-state index is 12.9. The first kappa shape index (κ1) is 14.8. The first-order chi connectivity index (χ1) is 10.7. The van der Waals surface area contributed by atoms with Crippen molar-refractivity contribution in [2.45, 2.75) is 19.4 Å². The van der Waals surface area contributed by atoms with E-state index in [9.17, 15) is 9.90 Å². The Labute approximate surface area is 131 Å². The average molecular weight is 295 g/mol. The molecular weight excluding hydrogens is 274 g/mol. The minimum absolute atomic E-state index is 0.00500. The Morgan fingerprint density at radius 1 is 1.09 bits per heavy atom. The standard InChI is InChI=1S/C19H21NO2/c1-14-11-12-20(13-18(14)21)19(22)17-10-6-5-9-16(17)15-7-3-2-4-8-15/h2-10,14,18,21H,11-13H2,1H3. The molecule has 0 bridgehead atoms. The highest BCUT2D eigenvalue weighted by Crippen LogP contribution is 2.26. The maximum Gasteiger partial charge on any atom is 0.254 e. The van der Waals surface area contributed by atoms with E-state index < -0.39 is 6.10 Å². The summed E-state index contributed by atoms with van der Waals surface area (Å²) in [6.07, 6.45) is 0.419. The van der Waals surface area contributed by atoms with Crippen LogP contribution in [0.5, 0.6) is 0 Å². The van der Waals surface area contributed by atoms with Crippen LogP contribution >= 0.6 is 0 Å². The van der Waals surface area contributed by atoms with Gasteiger partial charge >= 0.3 is 0 Å². The van der Waals surface area contributed by atoms with Gasteiger partial charge in [-0.1, -0.05) is 55.5 Å². The number of hydrogen-bond acceptors (Lipinski definition) is 2. The van der Waals surface area contributed by atoms with Crippen LogP contribution in [0.4, 0.5) is 0 Å². The molecule has 3 heteroatoms. The van der Waals surface area contributed by atoms with Crippen LogP contribution in [0.25, 0.3) is 11.1 Å². The van der Waals surface area contributed by atoms with E-state index in [1.165, 1.54) is 0 Å². The second kappa shape index (κ2) is 6.32. The molecule has 3 rings (SSSR count). The number of β-amino-alcohol motifs (C(OH)–C–C–N with tert-alkyl or cyclic N) is 1. The van der Waals surface area contributed by atoms with Crippen molar-refractivity contribution in [2.24, 2.45) is 5.92 Å².